The van der Waals surface area contributed by atoms with Crippen molar-refractivity contribution in [3.63, 3.8) is 0 Å². The van der Waals surface area contributed by atoms with Crippen molar-refractivity contribution in [2.24, 2.45) is 0 Å². The van der Waals surface area contributed by atoms with E-state index in [0.29, 0.717) is 0 Å². The van der Waals surface area contributed by atoms with Gasteiger partial charge in [-0.3, -0.25) is 0 Å². The maximum Gasteiger partial charge on any atom is 0.216 e. The Hall–Kier alpha value is -1.86. The highest BCUT2D eigenvalue weighted by molar-refractivity contribution is 7.90. The Labute approximate surface area is 161 Å². The van der Waals surface area contributed by atoms with Crippen molar-refractivity contribution in [2.75, 3.05) is 32.1 Å². The molecule has 1 aliphatic heterocycles. The van der Waals surface area contributed by atoms with Crippen molar-refractivity contribution in [3.05, 3.63) is 29.8 Å². The normalized spacial score (nSPS) is 19.0. The Morgan fingerprint density at radius 3 is 2.48 bits per heavy atom. The molecule has 6 nitrogen and oxygen atoms in total. The summed E-state index contributed by atoms with van der Waals surface area (Å²) in [4.78, 5) is 7.10. The summed E-state index contributed by atoms with van der Waals surface area (Å²) < 4.78 is 31.9. The van der Waals surface area contributed by atoms with Gasteiger partial charge in [0, 0.05) is 37.6 Å². The molecule has 2 aliphatic rings. The highest BCUT2D eigenvalue weighted by Crippen LogP contribution is 2.33. The third kappa shape index (κ3) is 3.50. The lowest BCUT2D eigenvalue weighted by Crippen LogP contribution is -2.46. The van der Waals surface area contributed by atoms with Gasteiger partial charge in [-0.25, -0.2) is 17.7 Å². The number of nitrogens with zero attached hydrogens (tertiary/aromatic N) is 3. The average Bonchev–Trinajstić information content (AvgIpc) is 3.53. The van der Waals surface area contributed by atoms with E-state index >= 15 is 0 Å². The number of anilines is 1. The number of hydrogen-bond donors (Lipinski definition) is 0. The highest BCUT2D eigenvalue weighted by atomic mass is 32.2. The molecular weight excluding hydrogens is 362 g/mol. The van der Waals surface area contributed by atoms with Gasteiger partial charge in [-0.15, -0.1) is 0 Å². The molecule has 0 spiro atoms. The fourth-order valence-electron chi connectivity index (χ4n) is 3.92. The molecule has 1 aliphatic carbocycles. The maximum atomic E-state index is 12.5. The van der Waals surface area contributed by atoms with E-state index in [-0.39, 0.29) is 11.3 Å². The summed E-state index contributed by atoms with van der Waals surface area (Å²) in [5.41, 5.74) is 2.12. The molecule has 2 heterocycles. The molecular formula is C20H27N3O3S. The molecule has 1 saturated carbocycles. The lowest BCUT2D eigenvalue weighted by molar-refractivity contribution is 0.311. The van der Waals surface area contributed by atoms with E-state index in [1.807, 2.05) is 18.2 Å². The van der Waals surface area contributed by atoms with Crippen LogP contribution in [0.1, 0.15) is 31.2 Å². The van der Waals surface area contributed by atoms with Crippen LogP contribution in [0.5, 0.6) is 5.75 Å². The first kappa shape index (κ1) is 18.5. The van der Waals surface area contributed by atoms with Crippen LogP contribution in [0.15, 0.2) is 24.3 Å². The topological polar surface area (TPSA) is 62.7 Å². The van der Waals surface area contributed by atoms with Gasteiger partial charge in [-0.05, 0) is 56.4 Å². The van der Waals surface area contributed by atoms with Crippen molar-refractivity contribution in [1.82, 2.24) is 9.29 Å². The quantitative estimate of drug-likeness (QED) is 0.787. The van der Waals surface area contributed by atoms with Crippen LogP contribution in [0, 0.1) is 6.92 Å². The first-order valence-electron chi connectivity index (χ1n) is 9.57. The number of ether oxygens (including phenoxy) is 1. The molecule has 0 amide bonds. The van der Waals surface area contributed by atoms with E-state index in [9.17, 15) is 8.42 Å². The minimum absolute atomic E-state index is 0.0912. The molecule has 0 atom stereocenters. The van der Waals surface area contributed by atoms with Gasteiger partial charge in [0.1, 0.15) is 11.6 Å². The third-order valence-corrected chi connectivity index (χ3v) is 8.27. The Kier molecular flexibility index (Phi) is 4.76. The Morgan fingerprint density at radius 2 is 1.85 bits per heavy atom. The standard InChI is InChI=1S/C20H27N3O3S/c1-14-12-20(21-19-13-16(26-3)4-7-18(14)19)23-10-8-15(9-11-23)22(2)27(24,25)17-5-6-17/h4,7,12-13,15,17H,5-6,8-11H2,1-3H3. The van der Waals surface area contributed by atoms with Gasteiger partial charge in [0.2, 0.25) is 10.0 Å². The van der Waals surface area contributed by atoms with Crippen LogP contribution in [-0.2, 0) is 10.0 Å². The molecule has 0 radical (unpaired) electrons. The third-order valence-electron chi connectivity index (χ3n) is 5.86. The monoisotopic (exact) mass is 389 g/mol. The van der Waals surface area contributed by atoms with Crippen molar-refractivity contribution < 1.29 is 13.2 Å². The van der Waals surface area contributed by atoms with Crippen LogP contribution in [0.3, 0.4) is 0 Å². The van der Waals surface area contributed by atoms with Gasteiger partial charge in [0.25, 0.3) is 0 Å². The van der Waals surface area contributed by atoms with Crippen LogP contribution < -0.4 is 9.64 Å². The molecule has 146 valence electrons. The first-order valence-corrected chi connectivity index (χ1v) is 11.1. The molecule has 4 rings (SSSR count). The lowest BCUT2D eigenvalue weighted by Gasteiger charge is -2.37. The fourth-order valence-corrected chi connectivity index (χ4v) is 5.75. The molecule has 1 saturated heterocycles. The second-order valence-electron chi connectivity index (χ2n) is 7.66. The molecule has 1 aromatic carbocycles. The number of pyridine rings is 1. The first-order chi connectivity index (χ1) is 12.9. The minimum Gasteiger partial charge on any atom is -0.497 e. The predicted molar refractivity (Wildman–Crippen MR) is 108 cm³/mol. The molecule has 2 fully saturated rings. The summed E-state index contributed by atoms with van der Waals surface area (Å²) in [5, 5.41) is 0.991. The molecule has 1 aromatic heterocycles. The van der Waals surface area contributed by atoms with Crippen molar-refractivity contribution in [1.29, 1.82) is 0 Å². The minimum atomic E-state index is -3.11. The number of sulfonamides is 1. The predicted octanol–water partition coefficient (Wildman–Crippen LogP) is 2.94. The summed E-state index contributed by atoms with van der Waals surface area (Å²) in [6, 6.07) is 8.19. The Bertz CT molecular complexity index is 948. The largest absolute Gasteiger partial charge is 0.497 e. The molecule has 2 aromatic rings. The highest BCUT2D eigenvalue weighted by Gasteiger charge is 2.41. The van der Waals surface area contributed by atoms with E-state index in [0.717, 1.165) is 61.2 Å². The van der Waals surface area contributed by atoms with Crippen LogP contribution in [0.4, 0.5) is 5.82 Å². The number of aryl methyl sites for hydroxylation is 1. The van der Waals surface area contributed by atoms with Gasteiger partial charge in [-0.1, -0.05) is 0 Å². The van der Waals surface area contributed by atoms with Gasteiger partial charge in [0.15, 0.2) is 0 Å². The summed E-state index contributed by atoms with van der Waals surface area (Å²) >= 11 is 0. The number of benzene rings is 1. The second-order valence-corrected chi connectivity index (χ2v) is 9.93. The van der Waals surface area contributed by atoms with Crippen LogP contribution in [0.25, 0.3) is 10.9 Å². The van der Waals surface area contributed by atoms with Crippen molar-refractivity contribution in [2.45, 2.75) is 43.9 Å². The van der Waals surface area contributed by atoms with E-state index in [1.165, 1.54) is 5.56 Å². The van der Waals surface area contributed by atoms with E-state index in [4.69, 9.17) is 9.72 Å². The number of fused-ring (bicyclic) bond motifs is 1. The van der Waals surface area contributed by atoms with Gasteiger partial charge in [0.05, 0.1) is 17.9 Å². The zero-order chi connectivity index (χ0) is 19.2. The van der Waals surface area contributed by atoms with E-state index < -0.39 is 10.0 Å². The second kappa shape index (κ2) is 6.95. The SMILES string of the molecule is COc1ccc2c(C)cc(N3CCC(N(C)S(=O)(=O)C4CC4)CC3)nc2c1. The van der Waals surface area contributed by atoms with E-state index in [1.54, 1.807) is 18.5 Å². The lowest BCUT2D eigenvalue weighted by atomic mass is 10.0. The molecule has 27 heavy (non-hydrogen) atoms. The van der Waals surface area contributed by atoms with Crippen LogP contribution >= 0.6 is 0 Å². The summed E-state index contributed by atoms with van der Waals surface area (Å²) in [5.74, 6) is 1.76. The van der Waals surface area contributed by atoms with Crippen LogP contribution in [0.2, 0.25) is 0 Å². The van der Waals surface area contributed by atoms with E-state index in [2.05, 4.69) is 17.9 Å². The number of aromatic nitrogens is 1. The molecule has 0 bridgehead atoms. The Morgan fingerprint density at radius 1 is 1.15 bits per heavy atom. The number of rotatable bonds is 5. The zero-order valence-electron chi connectivity index (χ0n) is 16.2. The molecule has 0 N–H and O–H groups in total. The van der Waals surface area contributed by atoms with Crippen molar-refractivity contribution in [3.8, 4) is 5.75 Å². The van der Waals surface area contributed by atoms with Gasteiger partial charge >= 0.3 is 0 Å². The van der Waals surface area contributed by atoms with Gasteiger partial charge < -0.3 is 9.64 Å². The maximum absolute atomic E-state index is 12.5. The zero-order valence-corrected chi connectivity index (χ0v) is 17.0. The van der Waals surface area contributed by atoms with Crippen LogP contribution in [-0.4, -0.2) is 56.2 Å². The summed E-state index contributed by atoms with van der Waals surface area (Å²) in [6.45, 7) is 3.73. The number of hydrogen-bond acceptors (Lipinski definition) is 5. The molecule has 0 unspecified atom stereocenters. The summed E-state index contributed by atoms with van der Waals surface area (Å²) in [7, 11) is 0.305. The smallest absolute Gasteiger partial charge is 0.216 e. The molecule has 7 heteroatoms. The number of piperidine rings is 1. The fraction of sp³-hybridized carbons (Fsp3) is 0.550. The average molecular weight is 390 g/mol. The van der Waals surface area contributed by atoms with Gasteiger partial charge in [-0.2, -0.15) is 0 Å². The van der Waals surface area contributed by atoms with Crippen molar-refractivity contribution >= 4 is 26.7 Å². The number of methoxy groups -OCH3 is 1. The summed E-state index contributed by atoms with van der Waals surface area (Å²) in [6.07, 6.45) is 3.29. The Balaban J connectivity index is 1.51.